The maximum atomic E-state index is 12.5. The number of aryl methyl sites for hydroxylation is 2. The Hall–Kier alpha value is -2.10. The van der Waals surface area contributed by atoms with Crippen molar-refractivity contribution in [3.8, 4) is 0 Å². The molecule has 19 heavy (non-hydrogen) atoms. The fourth-order valence-corrected chi connectivity index (χ4v) is 2.49. The molecule has 4 heteroatoms. The Bertz CT molecular complexity index is 612. The number of hydrogen-bond donors (Lipinski definition) is 1. The molecule has 0 atom stereocenters. The van der Waals surface area contributed by atoms with Gasteiger partial charge in [-0.25, -0.2) is 0 Å². The Morgan fingerprint density at radius 2 is 2.00 bits per heavy atom. The van der Waals surface area contributed by atoms with E-state index in [1.807, 2.05) is 50.4 Å². The van der Waals surface area contributed by atoms with E-state index in [0.717, 1.165) is 29.9 Å². The Balaban J connectivity index is 1.83. The van der Waals surface area contributed by atoms with Gasteiger partial charge in [0.05, 0.1) is 11.1 Å². The van der Waals surface area contributed by atoms with Crippen molar-refractivity contribution in [1.82, 2.24) is 9.78 Å². The van der Waals surface area contributed by atoms with Gasteiger partial charge in [0, 0.05) is 13.1 Å². The van der Waals surface area contributed by atoms with Crippen molar-refractivity contribution in [3.05, 3.63) is 47.7 Å². The predicted molar refractivity (Wildman–Crippen MR) is 73.9 cm³/mol. The van der Waals surface area contributed by atoms with Crippen molar-refractivity contribution in [3.63, 3.8) is 0 Å². The molecule has 1 fully saturated rings. The van der Waals surface area contributed by atoms with Gasteiger partial charge in [0.2, 0.25) is 5.91 Å². The van der Waals surface area contributed by atoms with Crippen LogP contribution in [-0.2, 0) is 17.3 Å². The van der Waals surface area contributed by atoms with Gasteiger partial charge in [-0.3, -0.25) is 9.48 Å². The van der Waals surface area contributed by atoms with Crippen molar-refractivity contribution in [1.29, 1.82) is 0 Å². The lowest BCUT2D eigenvalue weighted by atomic mass is 9.95. The minimum absolute atomic E-state index is 0.0710. The third kappa shape index (κ3) is 2.03. The van der Waals surface area contributed by atoms with Crippen LogP contribution in [0, 0.1) is 6.92 Å². The summed E-state index contributed by atoms with van der Waals surface area (Å²) in [6, 6.07) is 11.9. The maximum Gasteiger partial charge on any atom is 0.236 e. The number of nitrogens with one attached hydrogen (secondary N) is 1. The minimum atomic E-state index is -0.334. The van der Waals surface area contributed by atoms with Crippen LogP contribution in [0.15, 0.2) is 36.4 Å². The fraction of sp³-hybridized carbons (Fsp3) is 0.333. The summed E-state index contributed by atoms with van der Waals surface area (Å²) < 4.78 is 1.70. The summed E-state index contributed by atoms with van der Waals surface area (Å²) in [4.78, 5) is 12.5. The third-order valence-electron chi connectivity index (χ3n) is 3.75. The number of aromatic nitrogens is 2. The first-order valence-electron chi connectivity index (χ1n) is 6.49. The highest BCUT2D eigenvalue weighted by atomic mass is 16.2. The Morgan fingerprint density at radius 1 is 1.32 bits per heavy atom. The maximum absolute atomic E-state index is 12.5. The molecule has 0 aliphatic heterocycles. The molecule has 98 valence electrons. The lowest BCUT2D eigenvalue weighted by molar-refractivity contribution is -0.118. The van der Waals surface area contributed by atoms with Gasteiger partial charge in [-0.15, -0.1) is 0 Å². The number of carbonyl (C=O) groups is 1. The second-order valence-electron chi connectivity index (χ2n) is 5.20. The topological polar surface area (TPSA) is 46.9 Å². The van der Waals surface area contributed by atoms with E-state index in [9.17, 15) is 4.79 Å². The predicted octanol–water partition coefficient (Wildman–Crippen LogP) is 2.40. The second-order valence-corrected chi connectivity index (χ2v) is 5.20. The normalized spacial score (nSPS) is 16.1. The van der Waals surface area contributed by atoms with E-state index in [0.29, 0.717) is 0 Å². The van der Waals surface area contributed by atoms with Crippen LogP contribution in [0.25, 0.3) is 0 Å². The molecule has 0 saturated heterocycles. The van der Waals surface area contributed by atoms with E-state index in [2.05, 4.69) is 10.4 Å². The summed E-state index contributed by atoms with van der Waals surface area (Å²) in [6.07, 6.45) is 1.83. The summed E-state index contributed by atoms with van der Waals surface area (Å²) in [5.41, 5.74) is 1.67. The van der Waals surface area contributed by atoms with Crippen LogP contribution in [0.2, 0.25) is 0 Å². The number of anilines is 1. The van der Waals surface area contributed by atoms with Gasteiger partial charge >= 0.3 is 0 Å². The molecule has 0 unspecified atom stereocenters. The summed E-state index contributed by atoms with van der Waals surface area (Å²) >= 11 is 0. The van der Waals surface area contributed by atoms with Crippen LogP contribution < -0.4 is 5.32 Å². The monoisotopic (exact) mass is 255 g/mol. The highest BCUT2D eigenvalue weighted by molar-refractivity contribution is 6.00. The van der Waals surface area contributed by atoms with Crippen molar-refractivity contribution in [2.24, 2.45) is 7.05 Å². The molecule has 1 aromatic heterocycles. The SMILES string of the molecule is Cc1cc(NC(=O)C2(c3ccccc3)CC2)n(C)n1. The molecule has 0 spiro atoms. The van der Waals surface area contributed by atoms with Crippen LogP contribution >= 0.6 is 0 Å². The van der Waals surface area contributed by atoms with E-state index in [-0.39, 0.29) is 11.3 Å². The van der Waals surface area contributed by atoms with Gasteiger partial charge in [0.1, 0.15) is 5.82 Å². The molecule has 1 aliphatic rings. The second kappa shape index (κ2) is 4.23. The summed E-state index contributed by atoms with van der Waals surface area (Å²) in [7, 11) is 1.84. The quantitative estimate of drug-likeness (QED) is 0.915. The largest absolute Gasteiger partial charge is 0.310 e. The number of nitrogens with zero attached hydrogens (tertiary/aromatic N) is 2. The Kier molecular flexibility index (Phi) is 2.66. The lowest BCUT2D eigenvalue weighted by Gasteiger charge is -2.15. The lowest BCUT2D eigenvalue weighted by Crippen LogP contribution is -2.28. The van der Waals surface area contributed by atoms with Crippen LogP contribution in [0.5, 0.6) is 0 Å². The van der Waals surface area contributed by atoms with E-state index in [1.165, 1.54) is 0 Å². The highest BCUT2D eigenvalue weighted by Gasteiger charge is 2.51. The first-order chi connectivity index (χ1) is 9.12. The Labute approximate surface area is 112 Å². The molecule has 4 nitrogen and oxygen atoms in total. The zero-order chi connectivity index (χ0) is 13.5. The van der Waals surface area contributed by atoms with Crippen LogP contribution in [0.3, 0.4) is 0 Å². The molecule has 2 aromatic rings. The van der Waals surface area contributed by atoms with Gasteiger partial charge in [0.25, 0.3) is 0 Å². The first kappa shape index (κ1) is 12.0. The van der Waals surface area contributed by atoms with Crippen molar-refractivity contribution in [2.75, 3.05) is 5.32 Å². The molecule has 1 heterocycles. The van der Waals surface area contributed by atoms with Gasteiger partial charge in [-0.05, 0) is 25.3 Å². The number of carbonyl (C=O) groups excluding carboxylic acids is 1. The third-order valence-corrected chi connectivity index (χ3v) is 3.75. The first-order valence-corrected chi connectivity index (χ1v) is 6.49. The molecular weight excluding hydrogens is 238 g/mol. The van der Waals surface area contributed by atoms with Crippen LogP contribution in [-0.4, -0.2) is 15.7 Å². The van der Waals surface area contributed by atoms with Crippen LogP contribution in [0.4, 0.5) is 5.82 Å². The molecule has 1 aromatic carbocycles. The molecule has 1 aliphatic carbocycles. The molecule has 1 saturated carbocycles. The molecule has 1 amide bonds. The van der Waals surface area contributed by atoms with Crippen molar-refractivity contribution in [2.45, 2.75) is 25.2 Å². The summed E-state index contributed by atoms with van der Waals surface area (Å²) in [5.74, 6) is 0.825. The highest BCUT2D eigenvalue weighted by Crippen LogP contribution is 2.48. The summed E-state index contributed by atoms with van der Waals surface area (Å²) in [5, 5.41) is 7.24. The van der Waals surface area contributed by atoms with Gasteiger partial charge in [-0.2, -0.15) is 5.10 Å². The summed E-state index contributed by atoms with van der Waals surface area (Å²) in [6.45, 7) is 1.92. The Morgan fingerprint density at radius 3 is 2.53 bits per heavy atom. The van der Waals surface area contributed by atoms with E-state index >= 15 is 0 Å². The fourth-order valence-electron chi connectivity index (χ4n) is 2.49. The molecular formula is C15H17N3O. The van der Waals surface area contributed by atoms with Gasteiger partial charge in [0.15, 0.2) is 0 Å². The average molecular weight is 255 g/mol. The standard InChI is InChI=1S/C15H17N3O/c1-11-10-13(18(2)17-11)16-14(19)15(8-9-15)12-6-4-3-5-7-12/h3-7,10H,8-9H2,1-2H3,(H,16,19). The average Bonchev–Trinajstić information content (AvgIpc) is 3.14. The number of amides is 1. The van der Waals surface area contributed by atoms with E-state index < -0.39 is 0 Å². The van der Waals surface area contributed by atoms with E-state index in [1.54, 1.807) is 4.68 Å². The molecule has 3 rings (SSSR count). The smallest absolute Gasteiger partial charge is 0.236 e. The minimum Gasteiger partial charge on any atom is -0.310 e. The van der Waals surface area contributed by atoms with Crippen molar-refractivity contribution >= 4 is 11.7 Å². The number of rotatable bonds is 3. The number of hydrogen-bond acceptors (Lipinski definition) is 2. The van der Waals surface area contributed by atoms with Crippen LogP contribution in [0.1, 0.15) is 24.1 Å². The zero-order valence-electron chi connectivity index (χ0n) is 11.2. The zero-order valence-corrected chi connectivity index (χ0v) is 11.2. The van der Waals surface area contributed by atoms with E-state index in [4.69, 9.17) is 0 Å². The number of benzene rings is 1. The van der Waals surface area contributed by atoms with Crippen molar-refractivity contribution < 1.29 is 4.79 Å². The van der Waals surface area contributed by atoms with Gasteiger partial charge < -0.3 is 5.32 Å². The molecule has 0 bridgehead atoms. The molecule has 0 radical (unpaired) electrons. The molecule has 1 N–H and O–H groups in total. The van der Waals surface area contributed by atoms with Gasteiger partial charge in [-0.1, -0.05) is 30.3 Å².